The average Bonchev–Trinajstić information content (AvgIpc) is 2.99. The number of aliphatic hydroxyl groups is 1. The van der Waals surface area contributed by atoms with Gasteiger partial charge < -0.3 is 5.11 Å². The van der Waals surface area contributed by atoms with Crippen molar-refractivity contribution < 1.29 is 5.11 Å². The number of hydrogen-bond donors (Lipinski definition) is 1. The molecule has 3 saturated carbocycles. The quantitative estimate of drug-likeness (QED) is 0.527. The molecule has 0 amide bonds. The van der Waals surface area contributed by atoms with Crippen molar-refractivity contribution >= 4 is 0 Å². The Labute approximate surface area is 174 Å². The number of allylic oxidation sites excluding steroid dienone is 3. The molecule has 4 rings (SSSR count). The summed E-state index contributed by atoms with van der Waals surface area (Å²) in [6.07, 6.45) is 17.8. The van der Waals surface area contributed by atoms with Crippen molar-refractivity contribution in [1.29, 1.82) is 0 Å². The number of aliphatic hydroxyl groups excluding tert-OH is 1. The Kier molecular flexibility index (Phi) is 5.62. The van der Waals surface area contributed by atoms with Gasteiger partial charge in [-0.2, -0.15) is 0 Å². The standard InChI is InChI=1S/C27H44O/c1-18(2)7-6-8-19(3)23-11-12-24-22-10-9-20-17-21(28)13-15-26(20,4)25(22)14-16-27(23,24)5/h9-10,18-19,21,23-25,28H,6-8,11-17H2,1-5H3/t19-,21+,23?,24?,25?,26+,27?/m1/s1. The predicted octanol–water partition coefficient (Wildman–Crippen LogP) is 7.31. The van der Waals surface area contributed by atoms with Crippen LogP contribution >= 0.6 is 0 Å². The minimum absolute atomic E-state index is 0.106. The summed E-state index contributed by atoms with van der Waals surface area (Å²) in [5, 5.41) is 10.2. The maximum Gasteiger partial charge on any atom is 0.0578 e. The van der Waals surface area contributed by atoms with Gasteiger partial charge in [0.2, 0.25) is 0 Å². The van der Waals surface area contributed by atoms with E-state index in [1.54, 1.807) is 11.1 Å². The molecule has 28 heavy (non-hydrogen) atoms. The maximum atomic E-state index is 10.2. The van der Waals surface area contributed by atoms with E-state index in [0.717, 1.165) is 42.4 Å². The van der Waals surface area contributed by atoms with Crippen LogP contribution in [0.15, 0.2) is 23.3 Å². The molecule has 1 heteroatoms. The van der Waals surface area contributed by atoms with Crippen molar-refractivity contribution in [2.45, 2.75) is 105 Å². The summed E-state index contributed by atoms with van der Waals surface area (Å²) in [5.74, 6) is 4.19. The molecule has 0 aromatic heterocycles. The van der Waals surface area contributed by atoms with Crippen molar-refractivity contribution in [2.24, 2.45) is 40.4 Å². The lowest BCUT2D eigenvalue weighted by molar-refractivity contribution is 0.0323. The lowest BCUT2D eigenvalue weighted by Crippen LogP contribution is -2.46. The van der Waals surface area contributed by atoms with Crippen LogP contribution in [0.25, 0.3) is 0 Å². The third-order valence-corrected chi connectivity index (χ3v) is 9.75. The Hall–Kier alpha value is -0.560. The molecule has 4 aliphatic rings. The lowest BCUT2D eigenvalue weighted by atomic mass is 9.50. The summed E-state index contributed by atoms with van der Waals surface area (Å²) < 4.78 is 0. The van der Waals surface area contributed by atoms with Gasteiger partial charge in [-0.05, 0) is 85.4 Å². The van der Waals surface area contributed by atoms with Crippen LogP contribution in [0.3, 0.4) is 0 Å². The van der Waals surface area contributed by atoms with Crippen molar-refractivity contribution in [2.75, 3.05) is 0 Å². The first-order chi connectivity index (χ1) is 13.3. The van der Waals surface area contributed by atoms with E-state index in [4.69, 9.17) is 0 Å². The van der Waals surface area contributed by atoms with Crippen LogP contribution < -0.4 is 0 Å². The zero-order valence-corrected chi connectivity index (χ0v) is 19.1. The fourth-order valence-electron chi connectivity index (χ4n) is 8.01. The van der Waals surface area contributed by atoms with Crippen LogP contribution in [0.5, 0.6) is 0 Å². The Morgan fingerprint density at radius 1 is 0.964 bits per heavy atom. The fraction of sp³-hybridized carbons (Fsp3) is 0.852. The smallest absolute Gasteiger partial charge is 0.0578 e. The van der Waals surface area contributed by atoms with Gasteiger partial charge in [-0.3, -0.25) is 0 Å². The number of hydrogen-bond acceptors (Lipinski definition) is 1. The summed E-state index contributed by atoms with van der Waals surface area (Å²) in [4.78, 5) is 0. The first-order valence-corrected chi connectivity index (χ1v) is 12.3. The number of rotatable bonds is 5. The Balaban J connectivity index is 1.53. The molecular weight excluding hydrogens is 340 g/mol. The van der Waals surface area contributed by atoms with Gasteiger partial charge in [0.15, 0.2) is 0 Å². The van der Waals surface area contributed by atoms with Crippen LogP contribution in [0.1, 0.15) is 98.8 Å². The van der Waals surface area contributed by atoms with Gasteiger partial charge in [-0.15, -0.1) is 0 Å². The molecule has 0 aliphatic heterocycles. The van der Waals surface area contributed by atoms with Crippen molar-refractivity contribution in [3.8, 4) is 0 Å². The lowest BCUT2D eigenvalue weighted by Gasteiger charge is -2.55. The van der Waals surface area contributed by atoms with E-state index in [1.807, 2.05) is 0 Å². The van der Waals surface area contributed by atoms with E-state index in [9.17, 15) is 5.11 Å². The highest BCUT2D eigenvalue weighted by atomic mass is 16.3. The van der Waals surface area contributed by atoms with Crippen LogP contribution in [-0.4, -0.2) is 11.2 Å². The number of fused-ring (bicyclic) bond motifs is 5. The Bertz CT molecular complexity index is 643. The SMILES string of the molecule is CC(C)CCC[C@@H](C)C1CCC2C3=CC=C4C[C@@H](O)CC[C@]4(C)C3CCC21C. The van der Waals surface area contributed by atoms with E-state index >= 15 is 0 Å². The van der Waals surface area contributed by atoms with Gasteiger partial charge in [0.25, 0.3) is 0 Å². The second-order valence-electron chi connectivity index (χ2n) is 11.8. The molecule has 0 bridgehead atoms. The van der Waals surface area contributed by atoms with Crippen molar-refractivity contribution in [1.82, 2.24) is 0 Å². The van der Waals surface area contributed by atoms with Gasteiger partial charge in [0, 0.05) is 0 Å². The van der Waals surface area contributed by atoms with Crippen LogP contribution in [0, 0.1) is 40.4 Å². The molecule has 3 fully saturated rings. The summed E-state index contributed by atoms with van der Waals surface area (Å²) in [7, 11) is 0. The molecule has 0 aromatic rings. The van der Waals surface area contributed by atoms with Crippen LogP contribution in [0.4, 0.5) is 0 Å². The normalized spacial score (nSPS) is 43.7. The first kappa shape index (κ1) is 20.7. The van der Waals surface area contributed by atoms with Gasteiger partial charge in [-0.25, -0.2) is 0 Å². The summed E-state index contributed by atoms with van der Waals surface area (Å²) >= 11 is 0. The Morgan fingerprint density at radius 2 is 1.75 bits per heavy atom. The summed E-state index contributed by atoms with van der Waals surface area (Å²) in [5.41, 5.74) is 4.19. The highest BCUT2D eigenvalue weighted by Gasteiger charge is 2.56. The van der Waals surface area contributed by atoms with E-state index in [1.165, 1.54) is 51.4 Å². The van der Waals surface area contributed by atoms with Gasteiger partial charge >= 0.3 is 0 Å². The highest BCUT2D eigenvalue weighted by molar-refractivity contribution is 5.38. The van der Waals surface area contributed by atoms with Gasteiger partial charge in [0.1, 0.15) is 0 Å². The van der Waals surface area contributed by atoms with E-state index in [0.29, 0.717) is 10.8 Å². The maximum absolute atomic E-state index is 10.2. The molecule has 0 radical (unpaired) electrons. The highest BCUT2D eigenvalue weighted by Crippen LogP contribution is 2.66. The molecule has 0 aromatic carbocycles. The monoisotopic (exact) mass is 384 g/mol. The summed E-state index contributed by atoms with van der Waals surface area (Å²) in [6.45, 7) is 12.5. The fourth-order valence-corrected chi connectivity index (χ4v) is 8.01. The summed E-state index contributed by atoms with van der Waals surface area (Å²) in [6, 6.07) is 0. The van der Waals surface area contributed by atoms with E-state index in [-0.39, 0.29) is 6.10 Å². The van der Waals surface area contributed by atoms with E-state index in [2.05, 4.69) is 46.8 Å². The topological polar surface area (TPSA) is 20.2 Å². The zero-order chi connectivity index (χ0) is 20.1. The molecule has 1 nitrogen and oxygen atoms in total. The Morgan fingerprint density at radius 3 is 2.50 bits per heavy atom. The molecule has 0 spiro atoms. The molecule has 1 N–H and O–H groups in total. The minimum Gasteiger partial charge on any atom is -0.393 e. The molecule has 0 saturated heterocycles. The third kappa shape index (κ3) is 3.34. The molecule has 4 unspecified atom stereocenters. The molecule has 4 aliphatic carbocycles. The first-order valence-electron chi connectivity index (χ1n) is 12.3. The van der Waals surface area contributed by atoms with Crippen molar-refractivity contribution in [3.05, 3.63) is 23.3 Å². The van der Waals surface area contributed by atoms with Gasteiger partial charge in [0.05, 0.1) is 6.10 Å². The van der Waals surface area contributed by atoms with Crippen LogP contribution in [0.2, 0.25) is 0 Å². The second kappa shape index (κ2) is 7.60. The van der Waals surface area contributed by atoms with Crippen LogP contribution in [-0.2, 0) is 0 Å². The van der Waals surface area contributed by atoms with Crippen molar-refractivity contribution in [3.63, 3.8) is 0 Å². The largest absolute Gasteiger partial charge is 0.393 e. The third-order valence-electron chi connectivity index (χ3n) is 9.75. The molecule has 7 atom stereocenters. The zero-order valence-electron chi connectivity index (χ0n) is 19.1. The second-order valence-corrected chi connectivity index (χ2v) is 11.8. The average molecular weight is 385 g/mol. The predicted molar refractivity (Wildman–Crippen MR) is 119 cm³/mol. The minimum atomic E-state index is -0.106. The van der Waals surface area contributed by atoms with Gasteiger partial charge in [-0.1, -0.05) is 77.2 Å². The molecule has 0 heterocycles. The molecule has 158 valence electrons. The van der Waals surface area contributed by atoms with E-state index < -0.39 is 0 Å². The molecular formula is C27H44O.